The van der Waals surface area contributed by atoms with Crippen molar-refractivity contribution >= 4 is 18.5 Å². The molecule has 1 amide bonds. The van der Waals surface area contributed by atoms with Gasteiger partial charge < -0.3 is 10.4 Å². The summed E-state index contributed by atoms with van der Waals surface area (Å²) in [7, 11) is 0. The van der Waals surface area contributed by atoms with Gasteiger partial charge >= 0.3 is 0 Å². The van der Waals surface area contributed by atoms with Crippen LogP contribution in [-0.2, 0) is 4.79 Å². The summed E-state index contributed by atoms with van der Waals surface area (Å²) in [5.41, 5.74) is 0. The maximum atomic E-state index is 12.6. The predicted octanol–water partition coefficient (Wildman–Crippen LogP) is 4.27. The lowest BCUT2D eigenvalue weighted by atomic mass is 9.95. The molecule has 3 N–H and O–H groups in total. The van der Waals surface area contributed by atoms with Crippen LogP contribution in [0.25, 0.3) is 0 Å². The molecule has 0 spiro atoms. The maximum absolute atomic E-state index is 12.6. The van der Waals surface area contributed by atoms with Crippen molar-refractivity contribution in [2.45, 2.75) is 110 Å². The van der Waals surface area contributed by atoms with E-state index in [9.17, 15) is 9.90 Å². The summed E-state index contributed by atoms with van der Waals surface area (Å²) in [5.74, 6) is 0.559. The predicted molar refractivity (Wildman–Crippen MR) is 111 cm³/mol. The summed E-state index contributed by atoms with van der Waals surface area (Å²) >= 11 is 4.33. The summed E-state index contributed by atoms with van der Waals surface area (Å²) in [6.07, 6.45) is 9.95. The van der Waals surface area contributed by atoms with Crippen molar-refractivity contribution in [3.05, 3.63) is 0 Å². The molecule has 0 heterocycles. The molecule has 0 rings (SSSR count). The Balaban J connectivity index is 4.66. The molecule has 0 aromatic rings. The minimum Gasteiger partial charge on any atom is -0.378 e. The number of amides is 1. The number of aliphatic hydroxyl groups is 1. The number of hydrogen-bond donors (Lipinski definition) is 4. The molecule has 0 radical (unpaired) electrons. The number of thiol groups is 1. The fourth-order valence-corrected chi connectivity index (χ4v) is 3.51. The van der Waals surface area contributed by atoms with Crippen molar-refractivity contribution in [1.82, 2.24) is 10.6 Å². The van der Waals surface area contributed by atoms with Crippen LogP contribution in [0.3, 0.4) is 0 Å². The van der Waals surface area contributed by atoms with Crippen LogP contribution in [0.5, 0.6) is 0 Å². The fourth-order valence-electron chi connectivity index (χ4n) is 3.24. The minimum absolute atomic E-state index is 0.0330. The van der Waals surface area contributed by atoms with Gasteiger partial charge in [0.25, 0.3) is 0 Å². The lowest BCUT2D eigenvalue weighted by molar-refractivity contribution is -0.124. The number of aliphatic hydroxyl groups excluding tert-OH is 1. The SMILES string of the molecule is CCCCC(CCC)NC(=O)C(CS)NC(O)C(CCC)CCCC. The first kappa shape index (κ1) is 24.7. The van der Waals surface area contributed by atoms with E-state index in [0.29, 0.717) is 5.75 Å². The average Bonchev–Trinajstić information content (AvgIpc) is 2.60. The smallest absolute Gasteiger partial charge is 0.238 e. The van der Waals surface area contributed by atoms with E-state index in [-0.39, 0.29) is 17.9 Å². The highest BCUT2D eigenvalue weighted by molar-refractivity contribution is 7.80. The molecule has 0 saturated heterocycles. The lowest BCUT2D eigenvalue weighted by Gasteiger charge is -2.28. The first-order valence-corrected chi connectivity index (χ1v) is 11.0. The van der Waals surface area contributed by atoms with Gasteiger partial charge in [-0.15, -0.1) is 0 Å². The van der Waals surface area contributed by atoms with E-state index in [1.54, 1.807) is 0 Å². The van der Waals surface area contributed by atoms with Gasteiger partial charge in [-0.25, -0.2) is 0 Å². The zero-order valence-corrected chi connectivity index (χ0v) is 17.8. The van der Waals surface area contributed by atoms with Crippen LogP contribution in [-0.4, -0.2) is 35.1 Å². The van der Waals surface area contributed by atoms with Gasteiger partial charge in [-0.2, -0.15) is 12.6 Å². The minimum atomic E-state index is -0.644. The van der Waals surface area contributed by atoms with Gasteiger partial charge in [0.1, 0.15) is 6.23 Å². The van der Waals surface area contributed by atoms with Gasteiger partial charge in [-0.3, -0.25) is 10.1 Å². The molecule has 0 fully saturated rings. The van der Waals surface area contributed by atoms with Crippen molar-refractivity contribution in [3.8, 4) is 0 Å². The highest BCUT2D eigenvalue weighted by Crippen LogP contribution is 2.18. The molecular formula is C20H42N2O2S. The Morgan fingerprint density at radius 2 is 1.52 bits per heavy atom. The maximum Gasteiger partial charge on any atom is 0.238 e. The molecule has 5 heteroatoms. The van der Waals surface area contributed by atoms with Crippen molar-refractivity contribution in [2.75, 3.05) is 5.75 Å². The second kappa shape index (κ2) is 16.0. The summed E-state index contributed by atoms with van der Waals surface area (Å²) in [5, 5.41) is 16.9. The Morgan fingerprint density at radius 1 is 0.920 bits per heavy atom. The second-order valence-corrected chi connectivity index (χ2v) is 7.54. The molecule has 0 bridgehead atoms. The standard InChI is InChI=1S/C20H42N2O2S/c1-5-9-13-16(11-7-3)19(23)22-18(15-25)20(24)21-17(12-8-4)14-10-6-2/h16-19,22-23,25H,5-15H2,1-4H3,(H,21,24). The third-order valence-electron chi connectivity index (χ3n) is 4.80. The molecule has 4 atom stereocenters. The van der Waals surface area contributed by atoms with E-state index < -0.39 is 12.3 Å². The van der Waals surface area contributed by atoms with Crippen LogP contribution >= 0.6 is 12.6 Å². The third kappa shape index (κ3) is 11.1. The van der Waals surface area contributed by atoms with Crippen LogP contribution in [0, 0.1) is 5.92 Å². The fraction of sp³-hybridized carbons (Fsp3) is 0.950. The zero-order valence-electron chi connectivity index (χ0n) is 16.9. The van der Waals surface area contributed by atoms with E-state index in [4.69, 9.17) is 0 Å². The van der Waals surface area contributed by atoms with E-state index in [2.05, 4.69) is 51.0 Å². The number of hydrogen-bond acceptors (Lipinski definition) is 4. The zero-order chi connectivity index (χ0) is 19.1. The molecule has 4 unspecified atom stereocenters. The van der Waals surface area contributed by atoms with Gasteiger partial charge in [-0.05, 0) is 31.6 Å². The molecule has 0 saturated carbocycles. The summed E-state index contributed by atoms with van der Waals surface area (Å²) < 4.78 is 0. The molecule has 150 valence electrons. The summed E-state index contributed by atoms with van der Waals surface area (Å²) in [4.78, 5) is 12.6. The Labute approximate surface area is 161 Å². The third-order valence-corrected chi connectivity index (χ3v) is 5.16. The molecular weight excluding hydrogens is 332 g/mol. The van der Waals surface area contributed by atoms with E-state index in [0.717, 1.165) is 64.2 Å². The van der Waals surface area contributed by atoms with Crippen molar-refractivity contribution in [2.24, 2.45) is 5.92 Å². The Morgan fingerprint density at radius 3 is 2.04 bits per heavy atom. The van der Waals surface area contributed by atoms with Crippen LogP contribution in [0.15, 0.2) is 0 Å². The van der Waals surface area contributed by atoms with E-state index in [1.165, 1.54) is 0 Å². The Bertz CT molecular complexity index is 329. The number of rotatable bonds is 16. The van der Waals surface area contributed by atoms with Gasteiger partial charge in [0.05, 0.1) is 6.04 Å². The van der Waals surface area contributed by atoms with E-state index >= 15 is 0 Å². The number of nitrogens with one attached hydrogen (secondary N) is 2. The number of carbonyl (C=O) groups is 1. The van der Waals surface area contributed by atoms with Gasteiger partial charge in [-0.1, -0.05) is 66.2 Å². The lowest BCUT2D eigenvalue weighted by Crippen LogP contribution is -2.53. The quantitative estimate of drug-likeness (QED) is 0.241. The molecule has 25 heavy (non-hydrogen) atoms. The van der Waals surface area contributed by atoms with E-state index in [1.807, 2.05) is 0 Å². The van der Waals surface area contributed by atoms with Crippen molar-refractivity contribution < 1.29 is 9.90 Å². The average molecular weight is 375 g/mol. The molecule has 0 aromatic carbocycles. The van der Waals surface area contributed by atoms with Crippen LogP contribution in [0.4, 0.5) is 0 Å². The monoisotopic (exact) mass is 374 g/mol. The van der Waals surface area contributed by atoms with Crippen molar-refractivity contribution in [3.63, 3.8) is 0 Å². The largest absolute Gasteiger partial charge is 0.378 e. The highest BCUT2D eigenvalue weighted by Gasteiger charge is 2.25. The van der Waals surface area contributed by atoms with Gasteiger partial charge in [0.15, 0.2) is 0 Å². The first-order chi connectivity index (χ1) is 12.0. The number of carbonyl (C=O) groups excluding carboxylic acids is 1. The Kier molecular flexibility index (Phi) is 15.8. The van der Waals surface area contributed by atoms with Crippen LogP contribution in [0.1, 0.15) is 91.9 Å². The molecule has 0 aliphatic carbocycles. The highest BCUT2D eigenvalue weighted by atomic mass is 32.1. The molecule has 0 aliphatic heterocycles. The summed E-state index contributed by atoms with van der Waals surface area (Å²) in [6, 6.07) is -0.217. The van der Waals surface area contributed by atoms with Gasteiger partial charge in [0.2, 0.25) is 5.91 Å². The normalized spacial score (nSPS) is 16.2. The second-order valence-electron chi connectivity index (χ2n) is 7.17. The molecule has 4 nitrogen and oxygen atoms in total. The topological polar surface area (TPSA) is 61.4 Å². The first-order valence-electron chi connectivity index (χ1n) is 10.4. The molecule has 0 aromatic heterocycles. The van der Waals surface area contributed by atoms with Crippen molar-refractivity contribution in [1.29, 1.82) is 0 Å². The number of unbranched alkanes of at least 4 members (excludes halogenated alkanes) is 2. The summed E-state index contributed by atoms with van der Waals surface area (Å²) in [6.45, 7) is 8.62. The molecule has 0 aliphatic rings. The van der Waals surface area contributed by atoms with Crippen LogP contribution in [0.2, 0.25) is 0 Å². The van der Waals surface area contributed by atoms with Crippen LogP contribution < -0.4 is 10.6 Å². The Hall–Kier alpha value is -0.260. The van der Waals surface area contributed by atoms with Gasteiger partial charge in [0, 0.05) is 11.8 Å².